The lowest BCUT2D eigenvalue weighted by molar-refractivity contribution is 0.275. The first kappa shape index (κ1) is 15.5. The van der Waals surface area contributed by atoms with Crippen molar-refractivity contribution in [3.8, 4) is 6.07 Å². The van der Waals surface area contributed by atoms with E-state index in [2.05, 4.69) is 19.9 Å². The lowest BCUT2D eigenvalue weighted by Gasteiger charge is -2.24. The molecular formula is C17H31N. The third-order valence-corrected chi connectivity index (χ3v) is 4.75. The van der Waals surface area contributed by atoms with Crippen molar-refractivity contribution in [2.24, 2.45) is 17.8 Å². The van der Waals surface area contributed by atoms with Crippen LogP contribution in [0.2, 0.25) is 0 Å². The smallest absolute Gasteiger partial charge is 0.0624 e. The zero-order valence-corrected chi connectivity index (χ0v) is 12.5. The third kappa shape index (κ3) is 5.89. The largest absolute Gasteiger partial charge is 0.198 e. The minimum Gasteiger partial charge on any atom is -0.198 e. The van der Waals surface area contributed by atoms with E-state index in [1.54, 1.807) is 0 Å². The van der Waals surface area contributed by atoms with E-state index in [0.717, 1.165) is 18.3 Å². The van der Waals surface area contributed by atoms with Crippen LogP contribution in [-0.2, 0) is 0 Å². The normalized spacial score (nSPS) is 26.3. The molecule has 18 heavy (non-hydrogen) atoms. The van der Waals surface area contributed by atoms with Crippen molar-refractivity contribution >= 4 is 0 Å². The van der Waals surface area contributed by atoms with Gasteiger partial charge < -0.3 is 0 Å². The summed E-state index contributed by atoms with van der Waals surface area (Å²) in [5, 5.41) is 9.04. The van der Waals surface area contributed by atoms with Gasteiger partial charge >= 0.3 is 0 Å². The Morgan fingerprint density at radius 3 is 2.67 bits per heavy atom. The molecule has 0 aliphatic heterocycles. The lowest BCUT2D eigenvalue weighted by Crippen LogP contribution is -2.14. The monoisotopic (exact) mass is 249 g/mol. The fourth-order valence-electron chi connectivity index (χ4n) is 3.44. The van der Waals surface area contributed by atoms with Gasteiger partial charge in [0.2, 0.25) is 0 Å². The van der Waals surface area contributed by atoms with Crippen molar-refractivity contribution in [2.45, 2.75) is 84.5 Å². The quantitative estimate of drug-likeness (QED) is 0.419. The zero-order chi connectivity index (χ0) is 13.2. The maximum Gasteiger partial charge on any atom is 0.0624 e. The molecule has 1 nitrogen and oxygen atoms in total. The van der Waals surface area contributed by atoms with Gasteiger partial charge in [-0.2, -0.15) is 5.26 Å². The Morgan fingerprint density at radius 2 is 1.94 bits per heavy atom. The molecule has 0 N–H and O–H groups in total. The van der Waals surface area contributed by atoms with Crippen LogP contribution in [0.1, 0.15) is 84.5 Å². The second-order valence-corrected chi connectivity index (χ2v) is 6.35. The maximum atomic E-state index is 9.04. The molecule has 104 valence electrons. The number of hydrogen-bond donors (Lipinski definition) is 0. The summed E-state index contributed by atoms with van der Waals surface area (Å²) in [5.74, 6) is 2.45. The van der Waals surface area contributed by atoms with Crippen LogP contribution < -0.4 is 0 Å². The number of unbranched alkanes of at least 4 members (excludes halogenated alkanes) is 3. The summed E-state index contributed by atoms with van der Waals surface area (Å²) in [5.41, 5.74) is 0. The highest BCUT2D eigenvalue weighted by atomic mass is 14.3. The van der Waals surface area contributed by atoms with Crippen molar-refractivity contribution in [3.05, 3.63) is 0 Å². The topological polar surface area (TPSA) is 23.8 Å². The van der Waals surface area contributed by atoms with Crippen LogP contribution in [0.5, 0.6) is 0 Å². The van der Waals surface area contributed by atoms with Crippen LogP contribution in [0.15, 0.2) is 0 Å². The highest BCUT2D eigenvalue weighted by molar-refractivity contribution is 4.82. The van der Waals surface area contributed by atoms with E-state index in [-0.39, 0.29) is 0 Å². The third-order valence-electron chi connectivity index (χ3n) is 4.75. The van der Waals surface area contributed by atoms with Crippen molar-refractivity contribution in [3.63, 3.8) is 0 Å². The molecule has 1 aliphatic rings. The van der Waals surface area contributed by atoms with Crippen molar-refractivity contribution in [2.75, 3.05) is 0 Å². The van der Waals surface area contributed by atoms with E-state index in [0.29, 0.717) is 5.92 Å². The molecule has 0 aromatic carbocycles. The molecule has 0 amide bonds. The molecule has 1 saturated carbocycles. The first-order valence-electron chi connectivity index (χ1n) is 8.14. The van der Waals surface area contributed by atoms with Gasteiger partial charge in [0.1, 0.15) is 0 Å². The highest BCUT2D eigenvalue weighted by Gasteiger charge is 2.23. The molecule has 0 spiro atoms. The van der Waals surface area contributed by atoms with Crippen molar-refractivity contribution < 1.29 is 0 Å². The Labute approximate surface area is 114 Å². The molecule has 0 saturated heterocycles. The minimum absolute atomic E-state index is 0.692. The second-order valence-electron chi connectivity index (χ2n) is 6.35. The van der Waals surface area contributed by atoms with E-state index in [1.807, 2.05) is 0 Å². The molecule has 1 fully saturated rings. The molecule has 0 radical (unpaired) electrons. The van der Waals surface area contributed by atoms with Crippen LogP contribution in [-0.4, -0.2) is 0 Å². The Hall–Kier alpha value is -0.510. The van der Waals surface area contributed by atoms with Crippen molar-refractivity contribution in [1.29, 1.82) is 5.26 Å². The molecule has 0 aromatic heterocycles. The SMILES string of the molecule is CCCCCCC(CC#N)C1CCCC(C)CC1. The van der Waals surface area contributed by atoms with Crippen LogP contribution in [0, 0.1) is 29.1 Å². The van der Waals surface area contributed by atoms with Crippen molar-refractivity contribution in [1.82, 2.24) is 0 Å². The van der Waals surface area contributed by atoms with Crippen LogP contribution in [0.4, 0.5) is 0 Å². The van der Waals surface area contributed by atoms with Gasteiger partial charge in [-0.25, -0.2) is 0 Å². The number of rotatable bonds is 7. The molecule has 1 rings (SSSR count). The van der Waals surface area contributed by atoms with Gasteiger partial charge in [-0.15, -0.1) is 0 Å². The fourth-order valence-corrected chi connectivity index (χ4v) is 3.44. The van der Waals surface area contributed by atoms with E-state index < -0.39 is 0 Å². The molecular weight excluding hydrogens is 218 g/mol. The van der Waals surface area contributed by atoms with Crippen LogP contribution >= 0.6 is 0 Å². The predicted molar refractivity (Wildman–Crippen MR) is 78.2 cm³/mol. The van der Waals surface area contributed by atoms with Gasteiger partial charge in [-0.3, -0.25) is 0 Å². The highest BCUT2D eigenvalue weighted by Crippen LogP contribution is 2.35. The number of hydrogen-bond acceptors (Lipinski definition) is 1. The zero-order valence-electron chi connectivity index (χ0n) is 12.5. The average molecular weight is 249 g/mol. The van der Waals surface area contributed by atoms with Gasteiger partial charge in [0.25, 0.3) is 0 Å². The van der Waals surface area contributed by atoms with Crippen LogP contribution in [0.3, 0.4) is 0 Å². The standard InChI is InChI=1S/C17H31N/c1-3-4-5-6-9-17(13-14-18)16-10-7-8-15(2)11-12-16/h15-17H,3-13H2,1-2H3. The maximum absolute atomic E-state index is 9.04. The second kappa shape index (κ2) is 9.42. The predicted octanol–water partition coefficient (Wildman–Crippen LogP) is 5.70. The summed E-state index contributed by atoms with van der Waals surface area (Å²) < 4.78 is 0. The van der Waals surface area contributed by atoms with Gasteiger partial charge in [-0.1, -0.05) is 65.2 Å². The molecule has 0 heterocycles. The van der Waals surface area contributed by atoms with E-state index in [1.165, 1.54) is 64.2 Å². The van der Waals surface area contributed by atoms with Gasteiger partial charge in [0, 0.05) is 6.42 Å². The molecule has 0 bridgehead atoms. The Kier molecular flexibility index (Phi) is 8.14. The fraction of sp³-hybridized carbons (Fsp3) is 0.941. The van der Waals surface area contributed by atoms with Crippen LogP contribution in [0.25, 0.3) is 0 Å². The molecule has 1 aliphatic carbocycles. The summed E-state index contributed by atoms with van der Waals surface area (Å²) in [6, 6.07) is 2.44. The number of nitriles is 1. The Bertz CT molecular complexity index is 240. The molecule has 3 atom stereocenters. The summed E-state index contributed by atoms with van der Waals surface area (Å²) in [4.78, 5) is 0. The Morgan fingerprint density at radius 1 is 1.11 bits per heavy atom. The average Bonchev–Trinajstić information content (AvgIpc) is 2.58. The van der Waals surface area contributed by atoms with Gasteiger partial charge in [-0.05, 0) is 30.6 Å². The molecule has 0 aromatic rings. The lowest BCUT2D eigenvalue weighted by atomic mass is 9.81. The minimum atomic E-state index is 0.692. The molecule has 1 heteroatoms. The summed E-state index contributed by atoms with van der Waals surface area (Å²) >= 11 is 0. The summed E-state index contributed by atoms with van der Waals surface area (Å²) in [6.45, 7) is 4.66. The van der Waals surface area contributed by atoms with E-state index in [9.17, 15) is 0 Å². The Balaban J connectivity index is 2.37. The first-order valence-corrected chi connectivity index (χ1v) is 8.14. The van der Waals surface area contributed by atoms with Gasteiger partial charge in [0.05, 0.1) is 6.07 Å². The summed E-state index contributed by atoms with van der Waals surface area (Å²) in [6.07, 6.45) is 14.4. The number of nitrogens with zero attached hydrogens (tertiary/aromatic N) is 1. The first-order chi connectivity index (χ1) is 8.77. The van der Waals surface area contributed by atoms with Gasteiger partial charge in [0.15, 0.2) is 0 Å². The van der Waals surface area contributed by atoms with E-state index >= 15 is 0 Å². The molecule has 3 unspecified atom stereocenters. The summed E-state index contributed by atoms with van der Waals surface area (Å²) in [7, 11) is 0. The van der Waals surface area contributed by atoms with E-state index in [4.69, 9.17) is 5.26 Å².